The first-order valence-corrected chi connectivity index (χ1v) is 8.82. The number of nitrogens with zero attached hydrogens (tertiary/aromatic N) is 3. The van der Waals surface area contributed by atoms with Crippen LogP contribution in [0, 0.1) is 0 Å². The molecule has 2 amide bonds. The molecule has 8 nitrogen and oxygen atoms in total. The number of urea groups is 1. The predicted octanol–water partition coefficient (Wildman–Crippen LogP) is 2.05. The molecule has 0 bridgehead atoms. The number of aliphatic hydroxyl groups is 1. The van der Waals surface area contributed by atoms with E-state index in [9.17, 15) is 4.79 Å². The minimum atomic E-state index is -0.282. The Bertz CT molecular complexity index is 733. The van der Waals surface area contributed by atoms with E-state index in [1.165, 1.54) is 0 Å². The van der Waals surface area contributed by atoms with Gasteiger partial charge >= 0.3 is 6.03 Å². The summed E-state index contributed by atoms with van der Waals surface area (Å²) in [6.45, 7) is 0.852. The molecule has 1 aromatic heterocycles. The highest BCUT2D eigenvalue weighted by atomic mass is 16.5. The largest absolute Gasteiger partial charge is 0.497 e. The number of benzene rings is 1. The van der Waals surface area contributed by atoms with Crippen molar-refractivity contribution in [2.75, 3.05) is 20.2 Å². The summed E-state index contributed by atoms with van der Waals surface area (Å²) in [4.78, 5) is 18.6. The predicted molar refractivity (Wildman–Crippen MR) is 93.6 cm³/mol. The third-order valence-corrected chi connectivity index (χ3v) is 4.51. The van der Waals surface area contributed by atoms with Gasteiger partial charge in [0.15, 0.2) is 5.82 Å². The van der Waals surface area contributed by atoms with E-state index in [1.807, 2.05) is 29.2 Å². The third-order valence-electron chi connectivity index (χ3n) is 4.51. The minimum absolute atomic E-state index is 0.0463. The second-order valence-corrected chi connectivity index (χ2v) is 6.23. The molecule has 26 heavy (non-hydrogen) atoms. The Morgan fingerprint density at radius 1 is 1.46 bits per heavy atom. The van der Waals surface area contributed by atoms with Crippen molar-refractivity contribution in [1.82, 2.24) is 20.4 Å². The zero-order valence-corrected chi connectivity index (χ0v) is 14.9. The molecule has 140 valence electrons. The molecule has 1 aliphatic heterocycles. The Labute approximate surface area is 152 Å². The molecular formula is C18H24N4O4. The highest BCUT2D eigenvalue weighted by Gasteiger charge is 2.28. The molecule has 3 rings (SSSR count). The van der Waals surface area contributed by atoms with E-state index in [2.05, 4.69) is 15.5 Å². The summed E-state index contributed by atoms with van der Waals surface area (Å²) in [5.74, 6) is 1.45. The number of likely N-dealkylation sites (tertiary alicyclic amines) is 1. The highest BCUT2D eigenvalue weighted by molar-refractivity contribution is 5.75. The number of amides is 2. The molecule has 0 unspecified atom stereocenters. The average molecular weight is 360 g/mol. The van der Waals surface area contributed by atoms with Crippen LogP contribution in [0.3, 0.4) is 0 Å². The van der Waals surface area contributed by atoms with Crippen molar-refractivity contribution < 1.29 is 19.2 Å². The number of carbonyl (C=O) groups excluding carboxylic acids is 1. The van der Waals surface area contributed by atoms with E-state index >= 15 is 0 Å². The molecule has 1 aromatic carbocycles. The molecule has 2 N–H and O–H groups in total. The van der Waals surface area contributed by atoms with Crippen LogP contribution in [0.15, 0.2) is 28.8 Å². The van der Waals surface area contributed by atoms with E-state index in [0.717, 1.165) is 37.1 Å². The normalized spacial score (nSPS) is 17.2. The number of hydrogen-bond donors (Lipinski definition) is 2. The minimum Gasteiger partial charge on any atom is -0.497 e. The zero-order valence-electron chi connectivity index (χ0n) is 14.9. The summed E-state index contributed by atoms with van der Waals surface area (Å²) in [5, 5.41) is 15.6. The number of aromatic nitrogens is 2. The maximum Gasteiger partial charge on any atom is 0.317 e. The van der Waals surface area contributed by atoms with Crippen molar-refractivity contribution >= 4 is 6.03 Å². The summed E-state index contributed by atoms with van der Waals surface area (Å²) in [6, 6.07) is 7.84. The molecule has 8 heteroatoms. The van der Waals surface area contributed by atoms with Gasteiger partial charge in [0.1, 0.15) is 12.4 Å². The molecule has 1 atom stereocenters. The molecule has 2 heterocycles. The summed E-state index contributed by atoms with van der Waals surface area (Å²) in [6.07, 6.45) is 3.48. The summed E-state index contributed by atoms with van der Waals surface area (Å²) < 4.78 is 10.1. The van der Waals surface area contributed by atoms with Gasteiger partial charge < -0.3 is 24.6 Å². The van der Waals surface area contributed by atoms with Gasteiger partial charge in [-0.3, -0.25) is 0 Å². The number of hydrogen-bond acceptors (Lipinski definition) is 6. The quantitative estimate of drug-likeness (QED) is 0.818. The van der Waals surface area contributed by atoms with E-state index in [-0.39, 0.29) is 24.6 Å². The van der Waals surface area contributed by atoms with Crippen molar-refractivity contribution in [3.63, 3.8) is 0 Å². The van der Waals surface area contributed by atoms with Gasteiger partial charge in [-0.25, -0.2) is 4.79 Å². The SMILES string of the molecule is COc1cccc([C@@H]2CCCCN2C(=O)NCCc2noc(CO)n2)c1. The van der Waals surface area contributed by atoms with E-state index < -0.39 is 0 Å². The van der Waals surface area contributed by atoms with Gasteiger partial charge in [0.2, 0.25) is 0 Å². The lowest BCUT2D eigenvalue weighted by Crippen LogP contribution is -2.45. The number of rotatable bonds is 6. The lowest BCUT2D eigenvalue weighted by molar-refractivity contribution is 0.151. The zero-order chi connectivity index (χ0) is 18.4. The summed E-state index contributed by atoms with van der Waals surface area (Å²) >= 11 is 0. The molecule has 0 aliphatic carbocycles. The first kappa shape index (κ1) is 18.2. The van der Waals surface area contributed by atoms with Crippen molar-refractivity contribution in [1.29, 1.82) is 0 Å². The van der Waals surface area contributed by atoms with Crippen LogP contribution in [0.2, 0.25) is 0 Å². The van der Waals surface area contributed by atoms with Gasteiger partial charge in [0.05, 0.1) is 13.2 Å². The first-order chi connectivity index (χ1) is 12.7. The molecule has 0 spiro atoms. The number of piperidine rings is 1. The molecule has 1 aliphatic rings. The molecule has 0 saturated carbocycles. The second-order valence-electron chi connectivity index (χ2n) is 6.23. The van der Waals surface area contributed by atoms with Gasteiger partial charge in [-0.1, -0.05) is 17.3 Å². The molecule has 0 radical (unpaired) electrons. The molecule has 1 fully saturated rings. The summed E-state index contributed by atoms with van der Waals surface area (Å²) in [5.41, 5.74) is 1.09. The maximum absolute atomic E-state index is 12.7. The van der Waals surface area contributed by atoms with Crippen molar-refractivity contribution in [3.8, 4) is 5.75 Å². The maximum atomic E-state index is 12.7. The van der Waals surface area contributed by atoms with E-state index in [1.54, 1.807) is 7.11 Å². The van der Waals surface area contributed by atoms with Crippen LogP contribution in [0.25, 0.3) is 0 Å². The third kappa shape index (κ3) is 4.32. The topological polar surface area (TPSA) is 101 Å². The first-order valence-electron chi connectivity index (χ1n) is 8.82. The van der Waals surface area contributed by atoms with Crippen molar-refractivity contribution in [2.24, 2.45) is 0 Å². The van der Waals surface area contributed by atoms with Crippen LogP contribution in [0.4, 0.5) is 4.79 Å². The fraction of sp³-hybridized carbons (Fsp3) is 0.500. The van der Waals surface area contributed by atoms with Crippen LogP contribution >= 0.6 is 0 Å². The summed E-state index contributed by atoms with van der Waals surface area (Å²) in [7, 11) is 1.64. The monoisotopic (exact) mass is 360 g/mol. The van der Waals surface area contributed by atoms with Crippen molar-refractivity contribution in [3.05, 3.63) is 41.5 Å². The Morgan fingerprint density at radius 2 is 2.35 bits per heavy atom. The van der Waals surface area contributed by atoms with Crippen LogP contribution in [0.5, 0.6) is 5.75 Å². The van der Waals surface area contributed by atoms with Gasteiger partial charge in [0, 0.05) is 19.5 Å². The lowest BCUT2D eigenvalue weighted by Gasteiger charge is -2.36. The van der Waals surface area contributed by atoms with Crippen LogP contribution < -0.4 is 10.1 Å². The van der Waals surface area contributed by atoms with Gasteiger partial charge in [0.25, 0.3) is 5.89 Å². The fourth-order valence-corrected chi connectivity index (χ4v) is 3.21. The lowest BCUT2D eigenvalue weighted by atomic mass is 9.95. The Kier molecular flexibility index (Phi) is 6.06. The van der Waals surface area contributed by atoms with Crippen molar-refractivity contribution in [2.45, 2.75) is 38.3 Å². The van der Waals surface area contributed by atoms with Crippen LogP contribution in [-0.4, -0.2) is 46.4 Å². The second kappa shape index (κ2) is 8.66. The Hall–Kier alpha value is -2.61. The fourth-order valence-electron chi connectivity index (χ4n) is 3.21. The highest BCUT2D eigenvalue weighted by Crippen LogP contribution is 2.32. The van der Waals surface area contributed by atoms with E-state index in [4.69, 9.17) is 14.4 Å². The standard InChI is InChI=1S/C18H24N4O4/c1-25-14-6-4-5-13(11-14)15-7-2-3-10-22(15)18(24)19-9-8-16-20-17(12-23)26-21-16/h4-6,11,15,23H,2-3,7-10,12H2,1H3,(H,19,24)/t15-/m0/s1. The molecule has 2 aromatic rings. The average Bonchev–Trinajstić information content (AvgIpc) is 3.16. The number of carbonyl (C=O) groups is 1. The Balaban J connectivity index is 1.60. The molecule has 1 saturated heterocycles. The number of ether oxygens (including phenoxy) is 1. The number of methoxy groups -OCH3 is 1. The van der Waals surface area contributed by atoms with Crippen LogP contribution in [-0.2, 0) is 13.0 Å². The van der Waals surface area contributed by atoms with E-state index in [0.29, 0.717) is 18.8 Å². The van der Waals surface area contributed by atoms with Gasteiger partial charge in [-0.05, 0) is 37.0 Å². The smallest absolute Gasteiger partial charge is 0.317 e. The number of aliphatic hydroxyl groups excluding tert-OH is 1. The van der Waals surface area contributed by atoms with Crippen LogP contribution in [0.1, 0.15) is 42.6 Å². The van der Waals surface area contributed by atoms with Gasteiger partial charge in [-0.2, -0.15) is 4.98 Å². The van der Waals surface area contributed by atoms with Gasteiger partial charge in [-0.15, -0.1) is 0 Å². The Morgan fingerprint density at radius 3 is 3.12 bits per heavy atom. The number of nitrogens with one attached hydrogen (secondary N) is 1. The molecular weight excluding hydrogens is 336 g/mol.